The minimum absolute atomic E-state index is 0.0441. The summed E-state index contributed by atoms with van der Waals surface area (Å²) in [6.45, 7) is 12.7. The number of aromatic hydroxyl groups is 1. The minimum Gasteiger partial charge on any atom is -0.507 e. The highest BCUT2D eigenvalue weighted by Crippen LogP contribution is 2.37. The van der Waals surface area contributed by atoms with E-state index in [-0.39, 0.29) is 16.6 Å². The highest BCUT2D eigenvalue weighted by atomic mass is 32.0. The van der Waals surface area contributed by atoms with E-state index in [1.54, 1.807) is 6.21 Å². The quantitative estimate of drug-likeness (QED) is 0.519. The van der Waals surface area contributed by atoms with E-state index in [2.05, 4.69) is 61.5 Å². The third kappa shape index (κ3) is 4.78. The van der Waals surface area contributed by atoms with Crippen molar-refractivity contribution in [1.29, 1.82) is 0 Å². The third-order valence-electron chi connectivity index (χ3n) is 4.28. The fourth-order valence-corrected chi connectivity index (χ4v) is 3.90. The number of para-hydroxylation sites is 1. The molecule has 2 rings (SSSR count). The molecule has 3 nitrogen and oxygen atoms in total. The fraction of sp³-hybridized carbons (Fsp3) is 0.381. The molecule has 0 bridgehead atoms. The van der Waals surface area contributed by atoms with E-state index in [1.165, 1.54) is 0 Å². The average molecular weight is 388 g/mol. The Labute approximate surface area is 159 Å². The summed E-state index contributed by atoms with van der Waals surface area (Å²) in [5.74, 6) is 0.252. The summed E-state index contributed by atoms with van der Waals surface area (Å²) >= 11 is 0. The second kappa shape index (κ2) is 7.59. The molecule has 0 spiro atoms. The van der Waals surface area contributed by atoms with E-state index < -0.39 is 7.49 Å². The smallest absolute Gasteiger partial charge is 0.389 e. The number of rotatable bonds is 3. The molecule has 0 amide bonds. The van der Waals surface area contributed by atoms with Crippen LogP contribution in [0, 0.1) is 0 Å². The first-order chi connectivity index (χ1) is 11.9. The van der Waals surface area contributed by atoms with Gasteiger partial charge >= 0.3 is 7.49 Å². The van der Waals surface area contributed by atoms with E-state index in [0.717, 1.165) is 11.1 Å². The number of phenolic OH excluding ortho intramolecular Hbond substituents is 1. The van der Waals surface area contributed by atoms with Gasteiger partial charge in [-0.25, -0.2) is 0 Å². The largest absolute Gasteiger partial charge is 0.507 e. The molecule has 0 aromatic heterocycles. The number of nitrogens with zero attached hydrogens (tertiary/aromatic N) is 1. The zero-order valence-corrected chi connectivity index (χ0v) is 18.4. The van der Waals surface area contributed by atoms with Crippen molar-refractivity contribution in [3.63, 3.8) is 0 Å². The maximum absolute atomic E-state index is 11.9. The highest BCUT2D eigenvalue weighted by Gasteiger charge is 2.24. The van der Waals surface area contributed by atoms with Gasteiger partial charge in [-0.05, 0) is 34.6 Å². The zero-order chi connectivity index (χ0) is 19.7. The molecule has 138 valence electrons. The van der Waals surface area contributed by atoms with Crippen LogP contribution < -0.4 is 5.30 Å². The van der Waals surface area contributed by atoms with Crippen LogP contribution in [0.5, 0.6) is 5.75 Å². The van der Waals surface area contributed by atoms with Crippen molar-refractivity contribution in [3.05, 3.63) is 53.1 Å². The molecule has 2 atom stereocenters. The number of hydrogen-bond donors (Lipinski definition) is 1. The molecule has 5 heteroatoms. The van der Waals surface area contributed by atoms with Crippen molar-refractivity contribution in [1.82, 2.24) is 0 Å². The van der Waals surface area contributed by atoms with Crippen LogP contribution in [0.3, 0.4) is 0 Å². The van der Waals surface area contributed by atoms with Crippen molar-refractivity contribution < 1.29 is 9.67 Å². The fourth-order valence-electron chi connectivity index (χ4n) is 2.66. The van der Waals surface area contributed by atoms with Crippen LogP contribution in [0.1, 0.15) is 58.2 Å². The summed E-state index contributed by atoms with van der Waals surface area (Å²) < 4.78 is 11.9. The van der Waals surface area contributed by atoms with E-state index >= 15 is 0 Å². The topological polar surface area (TPSA) is 49.7 Å². The predicted molar refractivity (Wildman–Crippen MR) is 116 cm³/mol. The van der Waals surface area contributed by atoms with Gasteiger partial charge < -0.3 is 5.11 Å². The molecule has 0 aliphatic heterocycles. The van der Waals surface area contributed by atoms with Crippen LogP contribution in [0.15, 0.2) is 41.4 Å². The molecule has 0 radical (unpaired) electrons. The molecule has 2 aromatic rings. The summed E-state index contributed by atoms with van der Waals surface area (Å²) in [6, 6.07) is 11.4. The van der Waals surface area contributed by atoms with Crippen LogP contribution in [0.2, 0.25) is 0 Å². The molecule has 26 heavy (non-hydrogen) atoms. The summed E-state index contributed by atoms with van der Waals surface area (Å²) in [5, 5.41) is 11.5. The second-order valence-corrected chi connectivity index (χ2v) is 11.1. The van der Waals surface area contributed by atoms with Crippen LogP contribution in [0.25, 0.3) is 0 Å². The summed E-state index contributed by atoms with van der Waals surface area (Å²) in [4.78, 5) is 4.52. The van der Waals surface area contributed by atoms with Gasteiger partial charge in [0.25, 0.3) is 0 Å². The number of hydrogen-bond acceptors (Lipinski definition) is 3. The third-order valence-corrected chi connectivity index (χ3v) is 5.96. The lowest BCUT2D eigenvalue weighted by Crippen LogP contribution is -2.17. The lowest BCUT2D eigenvalue weighted by Gasteiger charge is -2.26. The molecule has 0 aliphatic rings. The minimum atomic E-state index is -1.56. The highest BCUT2D eigenvalue weighted by molar-refractivity contribution is 8.10. The van der Waals surface area contributed by atoms with Crippen molar-refractivity contribution in [3.8, 4) is 5.75 Å². The number of phenols is 1. The summed E-state index contributed by atoms with van der Waals surface area (Å²) in [6.07, 6.45) is 1.67. The Kier molecular flexibility index (Phi) is 6.06. The predicted octanol–water partition coefficient (Wildman–Crippen LogP) is 5.98. The van der Waals surface area contributed by atoms with Gasteiger partial charge in [-0.15, -0.1) is 0 Å². The van der Waals surface area contributed by atoms with Gasteiger partial charge in [-0.3, -0.25) is 4.99 Å². The van der Waals surface area contributed by atoms with Gasteiger partial charge in [0.2, 0.25) is 5.30 Å². The normalized spacial score (nSPS) is 13.3. The summed E-state index contributed by atoms with van der Waals surface area (Å²) in [7, 11) is 0.763. The number of benzene rings is 2. The van der Waals surface area contributed by atoms with Crippen LogP contribution in [-0.4, -0.2) is 11.3 Å². The van der Waals surface area contributed by atoms with E-state index in [0.29, 0.717) is 16.6 Å². The first-order valence-electron chi connectivity index (χ1n) is 8.64. The van der Waals surface area contributed by atoms with Gasteiger partial charge in [0.1, 0.15) is 20.4 Å². The van der Waals surface area contributed by atoms with E-state index in [9.17, 15) is 9.67 Å². The molecule has 0 saturated carbocycles. The average Bonchev–Trinajstić information content (AvgIpc) is 2.51. The molecular weight excluding hydrogens is 360 g/mol. The van der Waals surface area contributed by atoms with Gasteiger partial charge in [-0.2, -0.15) is 0 Å². The Hall–Kier alpha value is -1.56. The standard InChI is InChI=1S/C21H27NO2P2/c1-20(2,3)15-11-14(19(23)16(12-15)21(4,5)6)13-22-17-9-7-8-10-18(17)26(24)25/h7-13H,25H2,1-6H3/p+1. The maximum Gasteiger partial charge on any atom is 0.389 e. The van der Waals surface area contributed by atoms with Crippen LogP contribution >= 0.6 is 16.4 Å². The first-order valence-corrected chi connectivity index (χ1v) is 11.5. The lowest BCUT2D eigenvalue weighted by atomic mass is 9.79. The van der Waals surface area contributed by atoms with Crippen LogP contribution in [0.4, 0.5) is 5.69 Å². The molecule has 0 aliphatic carbocycles. The number of aliphatic imine (C=N–C) groups is 1. The Bertz CT molecular complexity index is 859. The molecular formula is C21H28NO2P2+. The molecule has 0 saturated heterocycles. The molecule has 1 N–H and O–H groups in total. The van der Waals surface area contributed by atoms with Crippen molar-refractivity contribution >= 4 is 33.6 Å². The van der Waals surface area contributed by atoms with Gasteiger partial charge in [0, 0.05) is 17.3 Å². The molecule has 0 fully saturated rings. The second-order valence-electron chi connectivity index (χ2n) is 8.53. The Balaban J connectivity index is 2.61. The monoisotopic (exact) mass is 388 g/mol. The summed E-state index contributed by atoms with van der Waals surface area (Å²) in [5.41, 5.74) is 3.15. The van der Waals surface area contributed by atoms with Gasteiger partial charge in [-0.1, -0.05) is 64.3 Å². The SMILES string of the molecule is CC(C)(C)c1cc(C=Nc2ccccc2[P+](=O)P)c(O)c(C(C)(C)C)c1. The van der Waals surface area contributed by atoms with Gasteiger partial charge in [0.15, 0.2) is 0 Å². The van der Waals surface area contributed by atoms with E-state index in [4.69, 9.17) is 0 Å². The maximum atomic E-state index is 11.9. The van der Waals surface area contributed by atoms with Crippen molar-refractivity contribution in [2.75, 3.05) is 0 Å². The first kappa shape index (κ1) is 20.7. The van der Waals surface area contributed by atoms with E-state index in [1.807, 2.05) is 30.3 Å². The Morgan fingerprint density at radius 2 is 1.65 bits per heavy atom. The van der Waals surface area contributed by atoms with Crippen molar-refractivity contribution in [2.24, 2.45) is 4.99 Å². The Morgan fingerprint density at radius 3 is 2.19 bits per heavy atom. The van der Waals surface area contributed by atoms with Gasteiger partial charge in [0.05, 0.1) is 0 Å². The molecule has 2 unspecified atom stereocenters. The Morgan fingerprint density at radius 1 is 1.04 bits per heavy atom. The lowest BCUT2D eigenvalue weighted by molar-refractivity contribution is 0.444. The van der Waals surface area contributed by atoms with Crippen molar-refractivity contribution in [2.45, 2.75) is 52.4 Å². The molecule has 0 heterocycles. The zero-order valence-electron chi connectivity index (χ0n) is 16.4. The van der Waals surface area contributed by atoms with Crippen LogP contribution in [-0.2, 0) is 15.4 Å². The molecule has 2 aromatic carbocycles.